The van der Waals surface area contributed by atoms with Crippen molar-refractivity contribution in [2.75, 3.05) is 0 Å². The van der Waals surface area contributed by atoms with Gasteiger partial charge in [-0.05, 0) is 59.3 Å². The van der Waals surface area contributed by atoms with Gasteiger partial charge < -0.3 is 0 Å². The largest absolute Gasteiger partial charge is 0.274 e. The molecule has 0 spiro atoms. The highest BCUT2D eigenvalue weighted by molar-refractivity contribution is 7.13. The molecule has 0 fully saturated rings. The van der Waals surface area contributed by atoms with Crippen molar-refractivity contribution in [2.45, 2.75) is 88.1 Å². The van der Waals surface area contributed by atoms with Crippen LogP contribution >= 0.6 is 11.3 Å². The van der Waals surface area contributed by atoms with Gasteiger partial charge in [0.25, 0.3) is 0 Å². The second-order valence-electron chi connectivity index (χ2n) is 8.37. The summed E-state index contributed by atoms with van der Waals surface area (Å²) < 4.78 is 0. The summed E-state index contributed by atoms with van der Waals surface area (Å²) in [6.45, 7) is 27.9. The Balaban J connectivity index is 0.00000227. The molecule has 1 aromatic carbocycles. The third-order valence-corrected chi connectivity index (χ3v) is 5.97. The maximum absolute atomic E-state index is 5.23. The topological polar surface area (TPSA) is 37.1 Å². The molecule has 0 aliphatic rings. The maximum Gasteiger partial charge on any atom is 0.0944 e. The summed E-state index contributed by atoms with van der Waals surface area (Å²) in [5, 5.41) is 8.67. The molecule has 0 bridgehead atoms. The molecule has 1 heterocycles. The van der Waals surface area contributed by atoms with Gasteiger partial charge in [-0.2, -0.15) is 10.2 Å². The molecule has 36 heavy (non-hydrogen) atoms. The zero-order valence-electron chi connectivity index (χ0n) is 24.1. The molecule has 1 aromatic heterocycles. The summed E-state index contributed by atoms with van der Waals surface area (Å²) in [6, 6.07) is 8.35. The van der Waals surface area contributed by atoms with E-state index >= 15 is 0 Å². The summed E-state index contributed by atoms with van der Waals surface area (Å²) in [5.41, 5.74) is 13.1. The molecule has 0 aliphatic carbocycles. The van der Waals surface area contributed by atoms with Crippen molar-refractivity contribution in [1.82, 2.24) is 0 Å². The number of hydrogen-bond donors (Lipinski definition) is 0. The van der Waals surface area contributed by atoms with Crippen LogP contribution in [0.3, 0.4) is 0 Å². The molecular weight excluding hydrogens is 458 g/mol. The van der Waals surface area contributed by atoms with Crippen LogP contribution in [-0.4, -0.2) is 23.2 Å². The highest BCUT2D eigenvalue weighted by Crippen LogP contribution is 2.31. The Bertz CT molecular complexity index is 1130. The van der Waals surface area contributed by atoms with Crippen molar-refractivity contribution in [3.05, 3.63) is 87.0 Å². The van der Waals surface area contributed by atoms with Crippen LogP contribution in [0, 0.1) is 20.8 Å². The van der Waals surface area contributed by atoms with E-state index in [1.165, 1.54) is 22.4 Å². The number of nitrogens with zero attached hydrogens (tertiary/aromatic N) is 3. The van der Waals surface area contributed by atoms with E-state index in [9.17, 15) is 0 Å². The highest BCUT2D eigenvalue weighted by Gasteiger charge is 2.20. The highest BCUT2D eigenvalue weighted by atomic mass is 32.1. The van der Waals surface area contributed by atoms with E-state index in [-0.39, 0.29) is 6.04 Å². The molecule has 0 N–H and O–H groups in total. The van der Waals surface area contributed by atoms with Crippen molar-refractivity contribution in [3.63, 3.8) is 0 Å². The normalized spacial score (nSPS) is 11.5. The van der Waals surface area contributed by atoms with Crippen LogP contribution in [0.2, 0.25) is 0 Å². The number of aryl methyl sites for hydroxylation is 2. The average Bonchev–Trinajstić information content (AvgIpc) is 3.13. The van der Waals surface area contributed by atoms with Gasteiger partial charge in [0.05, 0.1) is 17.5 Å². The van der Waals surface area contributed by atoms with E-state index in [1.807, 2.05) is 46.8 Å². The fourth-order valence-electron chi connectivity index (χ4n) is 3.16. The van der Waals surface area contributed by atoms with Gasteiger partial charge in [-0.25, -0.2) is 0 Å². The summed E-state index contributed by atoms with van der Waals surface area (Å²) in [5.74, 6) is 0. The van der Waals surface area contributed by atoms with E-state index in [2.05, 4.69) is 93.7 Å². The molecule has 194 valence electrons. The minimum absolute atomic E-state index is 0.161. The van der Waals surface area contributed by atoms with Gasteiger partial charge in [-0.3, -0.25) is 4.99 Å². The van der Waals surface area contributed by atoms with Gasteiger partial charge in [0.15, 0.2) is 0 Å². The van der Waals surface area contributed by atoms with Crippen LogP contribution < -0.4 is 0 Å². The molecule has 3 nitrogen and oxygen atoms in total. The molecule has 4 heteroatoms. The monoisotopic (exact) mass is 503 g/mol. The first-order valence-corrected chi connectivity index (χ1v) is 13.5. The molecule has 1 atom stereocenters. The molecule has 0 radical (unpaired) electrons. The Kier molecular flexibility index (Phi) is 16.7. The van der Waals surface area contributed by atoms with Crippen molar-refractivity contribution in [3.8, 4) is 0 Å². The molecular formula is C32H45N3S. The first-order valence-electron chi connectivity index (χ1n) is 12.7. The number of thiophene rings is 1. The number of benzene rings is 1. The molecule has 0 saturated carbocycles. The number of aliphatic imine (C=N–C) groups is 1. The molecule has 0 amide bonds. The van der Waals surface area contributed by atoms with Crippen molar-refractivity contribution >= 4 is 34.5 Å². The van der Waals surface area contributed by atoms with Gasteiger partial charge in [-0.15, -0.1) is 22.8 Å². The van der Waals surface area contributed by atoms with Crippen LogP contribution in [0.1, 0.15) is 93.3 Å². The standard InChI is InChI=1S/C27H31N3S.C3H8.C2H6/c1-9-11-13-24(21(7)30-29-18(3)4)28-27(23-16-14-19(5)15-17-23)26-20(6)25(12-10-2)31-22(26)8;1-3-2;1-2/h11-12,14-17,24H,1-2,13H2,3-8H3;3H2,1-2H3;1-2H3/b28-27?,30-21+;;. The lowest BCUT2D eigenvalue weighted by Crippen LogP contribution is -2.19. The van der Waals surface area contributed by atoms with Crippen LogP contribution in [0.5, 0.6) is 0 Å². The minimum Gasteiger partial charge on any atom is -0.274 e. The lowest BCUT2D eigenvalue weighted by molar-refractivity contribution is 0.866. The smallest absolute Gasteiger partial charge is 0.0944 e. The average molecular weight is 504 g/mol. The van der Waals surface area contributed by atoms with E-state index in [1.54, 1.807) is 11.3 Å². The fraction of sp³-hybridized carbons (Fsp3) is 0.406. The van der Waals surface area contributed by atoms with Gasteiger partial charge in [-0.1, -0.05) is 77.1 Å². The van der Waals surface area contributed by atoms with Crippen LogP contribution in [0.25, 0.3) is 6.08 Å². The zero-order chi connectivity index (χ0) is 27.7. The van der Waals surface area contributed by atoms with Gasteiger partial charge >= 0.3 is 0 Å². The van der Waals surface area contributed by atoms with Crippen LogP contribution in [0.15, 0.2) is 70.2 Å². The minimum atomic E-state index is -0.161. The van der Waals surface area contributed by atoms with Crippen molar-refractivity contribution in [2.24, 2.45) is 15.2 Å². The van der Waals surface area contributed by atoms with E-state index in [0.717, 1.165) is 33.1 Å². The first-order chi connectivity index (χ1) is 17.2. The van der Waals surface area contributed by atoms with E-state index in [4.69, 9.17) is 4.99 Å². The molecule has 1 unspecified atom stereocenters. The van der Waals surface area contributed by atoms with Crippen molar-refractivity contribution in [1.29, 1.82) is 0 Å². The van der Waals surface area contributed by atoms with Gasteiger partial charge in [0.1, 0.15) is 0 Å². The van der Waals surface area contributed by atoms with Gasteiger partial charge in [0, 0.05) is 33.0 Å². The lowest BCUT2D eigenvalue weighted by atomic mass is 9.97. The Hall–Kier alpha value is -3.03. The zero-order valence-corrected chi connectivity index (χ0v) is 24.9. The lowest BCUT2D eigenvalue weighted by Gasteiger charge is -2.15. The second kappa shape index (κ2) is 18.3. The summed E-state index contributed by atoms with van der Waals surface area (Å²) in [7, 11) is 0. The molecule has 2 aromatic rings. The predicted octanol–water partition coefficient (Wildman–Crippen LogP) is 9.71. The number of rotatable bonds is 8. The van der Waals surface area contributed by atoms with Crippen LogP contribution in [0.4, 0.5) is 0 Å². The van der Waals surface area contributed by atoms with Crippen LogP contribution in [-0.2, 0) is 0 Å². The summed E-state index contributed by atoms with van der Waals surface area (Å²) in [6.07, 6.45) is 5.75. The Morgan fingerprint density at radius 3 is 2.06 bits per heavy atom. The quantitative estimate of drug-likeness (QED) is 0.195. The van der Waals surface area contributed by atoms with E-state index in [0.29, 0.717) is 6.42 Å². The first kappa shape index (κ1) is 33.0. The predicted molar refractivity (Wildman–Crippen MR) is 166 cm³/mol. The third kappa shape index (κ3) is 10.7. The van der Waals surface area contributed by atoms with Crippen molar-refractivity contribution < 1.29 is 0 Å². The fourth-order valence-corrected chi connectivity index (χ4v) is 4.24. The molecule has 2 rings (SSSR count). The Labute approximate surface area is 224 Å². The third-order valence-electron chi connectivity index (χ3n) is 4.82. The molecule has 0 saturated heterocycles. The SMILES string of the molecule is C=C=CCC(N=C(c1ccc(C)cc1)c1c(C)sc(C=C=C)c1C)/C(C)=N/N=C(C)C.CC.CCC. The Morgan fingerprint density at radius 2 is 1.56 bits per heavy atom. The second-order valence-corrected chi connectivity index (χ2v) is 9.63. The maximum atomic E-state index is 5.23. The Morgan fingerprint density at radius 1 is 0.972 bits per heavy atom. The summed E-state index contributed by atoms with van der Waals surface area (Å²) in [4.78, 5) is 7.60. The van der Waals surface area contributed by atoms with E-state index < -0.39 is 0 Å². The number of hydrogen-bond acceptors (Lipinski definition) is 4. The van der Waals surface area contributed by atoms with Gasteiger partial charge in [0.2, 0.25) is 0 Å². The summed E-state index contributed by atoms with van der Waals surface area (Å²) >= 11 is 1.74. The molecule has 0 aliphatic heterocycles.